The van der Waals surface area contributed by atoms with Gasteiger partial charge in [-0.15, -0.1) is 0 Å². The molecule has 0 spiro atoms. The number of hydrogen-bond acceptors (Lipinski definition) is 7. The van der Waals surface area contributed by atoms with Crippen LogP contribution >= 0.6 is 0 Å². The Hall–Kier alpha value is -4.41. The third-order valence-electron chi connectivity index (χ3n) is 5.87. The average molecular weight is 560 g/mol. The Labute approximate surface area is 228 Å². The lowest BCUT2D eigenvalue weighted by molar-refractivity contribution is -0.155. The molecule has 212 valence electrons. The summed E-state index contributed by atoms with van der Waals surface area (Å²) >= 11 is 0. The molecular weight excluding hydrogens is 531 g/mol. The SMILES string of the molecule is CC1=C(C(=O)OCC2COC(C)(C)O2)CN(C(N)=O)C(=N)N1c1cccc(C(F)(F)F)c1.N#Cc1ccccc1. The first-order valence-corrected chi connectivity index (χ1v) is 12.0. The van der Waals surface area contributed by atoms with Crippen LogP contribution in [0.1, 0.15) is 31.9 Å². The van der Waals surface area contributed by atoms with Gasteiger partial charge in [-0.3, -0.25) is 15.2 Å². The third kappa shape index (κ3) is 7.37. The number of alkyl halides is 3. The van der Waals surface area contributed by atoms with Gasteiger partial charge in [0.15, 0.2) is 5.79 Å². The molecule has 2 aliphatic rings. The van der Waals surface area contributed by atoms with Crippen LogP contribution in [-0.2, 0) is 25.2 Å². The number of allylic oxidation sites excluding steroid dienone is 1. The van der Waals surface area contributed by atoms with E-state index in [2.05, 4.69) is 0 Å². The van der Waals surface area contributed by atoms with Crippen molar-refractivity contribution in [3.8, 4) is 6.07 Å². The number of primary amides is 1. The number of hydrogen-bond donors (Lipinski definition) is 2. The van der Waals surface area contributed by atoms with E-state index < -0.39 is 41.6 Å². The van der Waals surface area contributed by atoms with Gasteiger partial charge in [0.1, 0.15) is 12.7 Å². The van der Waals surface area contributed by atoms with Crippen LogP contribution in [0.2, 0.25) is 0 Å². The normalized spacial score (nSPS) is 18.5. The van der Waals surface area contributed by atoms with Crippen LogP contribution < -0.4 is 10.6 Å². The number of anilines is 1. The van der Waals surface area contributed by atoms with Gasteiger partial charge in [0.05, 0.1) is 35.9 Å². The number of nitrogens with one attached hydrogen (secondary N) is 1. The Morgan fingerprint density at radius 2 is 1.88 bits per heavy atom. The Morgan fingerprint density at radius 3 is 2.40 bits per heavy atom. The van der Waals surface area contributed by atoms with Gasteiger partial charge < -0.3 is 19.9 Å². The highest BCUT2D eigenvalue weighted by molar-refractivity contribution is 6.09. The number of urea groups is 1. The summed E-state index contributed by atoms with van der Waals surface area (Å²) in [7, 11) is 0. The van der Waals surface area contributed by atoms with Crippen molar-refractivity contribution >= 4 is 23.6 Å². The first-order valence-electron chi connectivity index (χ1n) is 12.0. The van der Waals surface area contributed by atoms with Crippen LogP contribution in [0, 0.1) is 16.7 Å². The molecule has 2 amide bonds. The van der Waals surface area contributed by atoms with Crippen molar-refractivity contribution in [2.45, 2.75) is 38.8 Å². The topological polar surface area (TPSA) is 142 Å². The van der Waals surface area contributed by atoms with E-state index in [1.54, 1.807) is 26.0 Å². The van der Waals surface area contributed by atoms with Crippen LogP contribution in [0.4, 0.5) is 23.7 Å². The zero-order chi connectivity index (χ0) is 29.7. The Morgan fingerprint density at radius 1 is 1.20 bits per heavy atom. The number of ether oxygens (including phenoxy) is 3. The second-order valence-corrected chi connectivity index (χ2v) is 9.22. The zero-order valence-corrected chi connectivity index (χ0v) is 22.0. The molecule has 0 saturated carbocycles. The number of nitriles is 1. The van der Waals surface area contributed by atoms with Gasteiger partial charge in [0.25, 0.3) is 0 Å². The minimum absolute atomic E-state index is 0.0320. The van der Waals surface area contributed by atoms with E-state index in [-0.39, 0.29) is 36.7 Å². The molecule has 2 heterocycles. The summed E-state index contributed by atoms with van der Waals surface area (Å²) in [6, 6.07) is 14.3. The number of nitrogens with zero attached hydrogens (tertiary/aromatic N) is 3. The van der Waals surface area contributed by atoms with E-state index in [9.17, 15) is 22.8 Å². The maximum Gasteiger partial charge on any atom is 0.416 e. The van der Waals surface area contributed by atoms with Gasteiger partial charge in [0.2, 0.25) is 5.96 Å². The van der Waals surface area contributed by atoms with Gasteiger partial charge in [-0.1, -0.05) is 24.3 Å². The van der Waals surface area contributed by atoms with E-state index in [1.807, 2.05) is 24.3 Å². The summed E-state index contributed by atoms with van der Waals surface area (Å²) in [4.78, 5) is 26.4. The molecule has 2 aromatic rings. The summed E-state index contributed by atoms with van der Waals surface area (Å²) in [5, 5.41) is 16.6. The van der Waals surface area contributed by atoms with Crippen molar-refractivity contribution in [1.82, 2.24) is 4.90 Å². The Kier molecular flexibility index (Phi) is 9.18. The molecule has 1 unspecified atom stereocenters. The molecule has 13 heteroatoms. The van der Waals surface area contributed by atoms with Gasteiger partial charge >= 0.3 is 18.2 Å². The molecule has 1 saturated heterocycles. The molecule has 2 aliphatic heterocycles. The summed E-state index contributed by atoms with van der Waals surface area (Å²) < 4.78 is 55.8. The molecule has 10 nitrogen and oxygen atoms in total. The molecule has 0 bridgehead atoms. The number of rotatable bonds is 4. The predicted molar refractivity (Wildman–Crippen MR) is 138 cm³/mol. The minimum Gasteiger partial charge on any atom is -0.459 e. The predicted octanol–water partition coefficient (Wildman–Crippen LogP) is 4.37. The standard InChI is InChI=1S/C20H23F3N4O5.C7H5N/c1-11-15(16(28)30-9-14-10-31-19(2,3)32-14)8-26(18(25)29)17(24)27(11)13-6-4-5-12(7-13)20(21,22)23;8-6-7-4-2-1-3-5-7/h4-7,14,24H,8-10H2,1-3H3,(H2,25,29);1-5H. The second kappa shape index (κ2) is 12.2. The van der Waals surface area contributed by atoms with Crippen molar-refractivity contribution < 1.29 is 37.0 Å². The van der Waals surface area contributed by atoms with Crippen molar-refractivity contribution in [3.05, 3.63) is 77.0 Å². The van der Waals surface area contributed by atoms with Crippen LogP contribution in [0.5, 0.6) is 0 Å². The van der Waals surface area contributed by atoms with E-state index in [0.29, 0.717) is 5.56 Å². The smallest absolute Gasteiger partial charge is 0.416 e. The molecule has 1 fully saturated rings. The lowest BCUT2D eigenvalue weighted by Gasteiger charge is -2.37. The fourth-order valence-electron chi connectivity index (χ4n) is 3.91. The number of guanidine groups is 1. The fourth-order valence-corrected chi connectivity index (χ4v) is 3.91. The summed E-state index contributed by atoms with van der Waals surface area (Å²) in [6.07, 6.45) is -5.11. The largest absolute Gasteiger partial charge is 0.459 e. The molecule has 1 atom stereocenters. The molecule has 3 N–H and O–H groups in total. The van der Waals surface area contributed by atoms with E-state index >= 15 is 0 Å². The van der Waals surface area contributed by atoms with Crippen molar-refractivity contribution in [3.63, 3.8) is 0 Å². The quantitative estimate of drug-likeness (QED) is 0.530. The minimum atomic E-state index is -4.62. The number of halogens is 3. The molecule has 0 aromatic heterocycles. The number of amides is 2. The lowest BCUT2D eigenvalue weighted by atomic mass is 10.1. The third-order valence-corrected chi connectivity index (χ3v) is 5.87. The molecular formula is C27H28F3N5O5. The number of carbonyl (C=O) groups is 2. The lowest BCUT2D eigenvalue weighted by Crippen LogP contribution is -2.54. The molecule has 40 heavy (non-hydrogen) atoms. The van der Waals surface area contributed by atoms with Crippen molar-refractivity contribution in [2.75, 3.05) is 24.7 Å². The Bertz CT molecular complexity index is 1340. The first-order chi connectivity index (χ1) is 18.7. The summed E-state index contributed by atoms with van der Waals surface area (Å²) in [5.74, 6) is -2.11. The maximum absolute atomic E-state index is 13.2. The van der Waals surface area contributed by atoms with Crippen molar-refractivity contribution in [2.24, 2.45) is 5.73 Å². The highest BCUT2D eigenvalue weighted by Crippen LogP contribution is 2.34. The average Bonchev–Trinajstić information content (AvgIpc) is 3.26. The Balaban J connectivity index is 0.000000472. The molecule has 2 aromatic carbocycles. The van der Waals surface area contributed by atoms with Crippen LogP contribution in [-0.4, -0.2) is 54.5 Å². The molecule has 0 radical (unpaired) electrons. The van der Waals surface area contributed by atoms with Gasteiger partial charge in [0, 0.05) is 11.4 Å². The number of benzene rings is 2. The summed E-state index contributed by atoms with van der Waals surface area (Å²) in [5.41, 5.74) is 5.15. The summed E-state index contributed by atoms with van der Waals surface area (Å²) in [6.45, 7) is 4.60. The first kappa shape index (κ1) is 30.1. The van der Waals surface area contributed by atoms with E-state index in [4.69, 9.17) is 30.6 Å². The monoisotopic (exact) mass is 559 g/mol. The molecule has 4 rings (SSSR count). The van der Waals surface area contributed by atoms with Crippen LogP contribution in [0.25, 0.3) is 0 Å². The van der Waals surface area contributed by atoms with Gasteiger partial charge in [-0.25, -0.2) is 9.59 Å². The number of nitrogens with two attached hydrogens (primary N) is 1. The van der Waals surface area contributed by atoms with E-state index in [0.717, 1.165) is 21.9 Å². The number of esters is 1. The van der Waals surface area contributed by atoms with Gasteiger partial charge in [-0.05, 0) is 51.1 Å². The van der Waals surface area contributed by atoms with Crippen molar-refractivity contribution in [1.29, 1.82) is 10.7 Å². The highest BCUT2D eigenvalue weighted by Gasteiger charge is 2.38. The molecule has 0 aliphatic carbocycles. The fraction of sp³-hybridized carbons (Fsp3) is 0.333. The van der Waals surface area contributed by atoms with Crippen LogP contribution in [0.3, 0.4) is 0 Å². The van der Waals surface area contributed by atoms with E-state index in [1.165, 1.54) is 19.1 Å². The second-order valence-electron chi connectivity index (χ2n) is 9.22. The maximum atomic E-state index is 13.2. The van der Waals surface area contributed by atoms with Crippen LogP contribution in [0.15, 0.2) is 65.9 Å². The van der Waals surface area contributed by atoms with Gasteiger partial charge in [-0.2, -0.15) is 18.4 Å². The highest BCUT2D eigenvalue weighted by atomic mass is 19.4. The zero-order valence-electron chi connectivity index (χ0n) is 22.0. The number of carbonyl (C=O) groups excluding carboxylic acids is 2.